The van der Waals surface area contributed by atoms with E-state index in [-0.39, 0.29) is 0 Å². The Hall–Kier alpha value is -0.910. The maximum Gasteiger partial charge on any atom is 0.175 e. The van der Waals surface area contributed by atoms with Crippen molar-refractivity contribution in [3.05, 3.63) is 29.8 Å². The Bertz CT molecular complexity index is 539. The molecule has 0 bridgehead atoms. The molecule has 1 aromatic carbocycles. The molecule has 1 aromatic rings. The minimum absolute atomic E-state index is 0.324. The second-order valence-corrected chi connectivity index (χ2v) is 7.62. The van der Waals surface area contributed by atoms with E-state index in [9.17, 15) is 8.42 Å². The molecule has 2 atom stereocenters. The lowest BCUT2D eigenvalue weighted by molar-refractivity contribution is 0.191. The molecule has 1 aliphatic heterocycles. The van der Waals surface area contributed by atoms with Crippen molar-refractivity contribution in [1.82, 2.24) is 10.2 Å². The fraction of sp³-hybridized carbons (Fsp3) is 0.600. The van der Waals surface area contributed by atoms with Crippen LogP contribution in [0, 0.1) is 0 Å². The van der Waals surface area contributed by atoms with Gasteiger partial charge in [-0.15, -0.1) is 0 Å². The van der Waals surface area contributed by atoms with E-state index >= 15 is 0 Å². The van der Waals surface area contributed by atoms with Crippen molar-refractivity contribution in [3.63, 3.8) is 0 Å². The third kappa shape index (κ3) is 3.40. The number of nitrogens with one attached hydrogen (secondary N) is 1. The molecule has 20 heavy (non-hydrogen) atoms. The van der Waals surface area contributed by atoms with Crippen molar-refractivity contribution >= 4 is 9.84 Å². The fourth-order valence-corrected chi connectivity index (χ4v) is 3.64. The molecule has 1 aliphatic rings. The highest BCUT2D eigenvalue weighted by atomic mass is 32.2. The zero-order valence-corrected chi connectivity index (χ0v) is 13.3. The first kappa shape index (κ1) is 15.5. The topological polar surface area (TPSA) is 49.4 Å². The van der Waals surface area contributed by atoms with Crippen LogP contribution in [0.4, 0.5) is 0 Å². The maximum absolute atomic E-state index is 11.5. The maximum atomic E-state index is 11.5. The lowest BCUT2D eigenvalue weighted by atomic mass is 10.1. The van der Waals surface area contributed by atoms with Crippen molar-refractivity contribution < 1.29 is 8.42 Å². The van der Waals surface area contributed by atoms with Crippen molar-refractivity contribution in [3.8, 4) is 0 Å². The number of rotatable bonds is 5. The molecule has 0 saturated carbocycles. The third-order valence-electron chi connectivity index (χ3n) is 4.15. The summed E-state index contributed by atoms with van der Waals surface area (Å²) in [5.74, 6) is 0. The van der Waals surface area contributed by atoms with Gasteiger partial charge in [-0.1, -0.05) is 12.1 Å². The second kappa shape index (κ2) is 6.24. The Morgan fingerprint density at radius 2 is 2.00 bits per heavy atom. The number of benzene rings is 1. The smallest absolute Gasteiger partial charge is 0.175 e. The minimum Gasteiger partial charge on any atom is -0.318 e. The third-order valence-corrected chi connectivity index (χ3v) is 5.28. The van der Waals surface area contributed by atoms with Crippen molar-refractivity contribution in [2.75, 3.05) is 26.4 Å². The molecule has 5 heteroatoms. The minimum atomic E-state index is -3.11. The summed E-state index contributed by atoms with van der Waals surface area (Å²) in [7, 11) is -1.12. The zero-order chi connectivity index (χ0) is 14.8. The van der Waals surface area contributed by atoms with E-state index in [2.05, 4.69) is 17.1 Å². The lowest BCUT2D eigenvalue weighted by Crippen LogP contribution is -2.38. The molecular weight excluding hydrogens is 272 g/mol. The summed E-state index contributed by atoms with van der Waals surface area (Å²) < 4.78 is 23.0. The first-order valence-electron chi connectivity index (χ1n) is 7.14. The van der Waals surface area contributed by atoms with Crippen LogP contribution in [0.3, 0.4) is 0 Å². The van der Waals surface area contributed by atoms with E-state index in [4.69, 9.17) is 0 Å². The Labute approximate surface area is 122 Å². The standard InChI is InChI=1S/C15H24N2O2S/c1-12(17-10-4-5-14(17)11-16-2)13-6-8-15(9-7-13)20(3,18)19/h6-9,12,14,16H,4-5,10-11H2,1-3H3. The molecule has 1 saturated heterocycles. The fourth-order valence-electron chi connectivity index (χ4n) is 3.01. The van der Waals surface area contributed by atoms with Crippen molar-refractivity contribution in [2.24, 2.45) is 0 Å². The Kier molecular flexibility index (Phi) is 4.83. The summed E-state index contributed by atoms with van der Waals surface area (Å²) in [6, 6.07) is 8.20. The SMILES string of the molecule is CNCC1CCCN1C(C)c1ccc(S(C)(=O)=O)cc1. The number of sulfone groups is 1. The first-order valence-corrected chi connectivity index (χ1v) is 9.03. The van der Waals surface area contributed by atoms with Gasteiger partial charge in [0.1, 0.15) is 0 Å². The molecule has 0 radical (unpaired) electrons. The van der Waals surface area contributed by atoms with Crippen molar-refractivity contribution in [1.29, 1.82) is 0 Å². The summed E-state index contributed by atoms with van der Waals surface area (Å²) in [6.45, 7) is 4.32. The van der Waals surface area contributed by atoms with Crippen LogP contribution >= 0.6 is 0 Å². The molecular formula is C15H24N2O2S. The first-order chi connectivity index (χ1) is 9.43. The van der Waals surface area contributed by atoms with Gasteiger partial charge in [0.25, 0.3) is 0 Å². The van der Waals surface area contributed by atoms with Gasteiger partial charge in [0.2, 0.25) is 0 Å². The van der Waals surface area contributed by atoms with Crippen LogP contribution in [0.25, 0.3) is 0 Å². The van der Waals surface area contributed by atoms with Crippen LogP contribution in [-0.2, 0) is 9.84 Å². The van der Waals surface area contributed by atoms with Gasteiger partial charge in [-0.2, -0.15) is 0 Å². The van der Waals surface area contributed by atoms with Crippen LogP contribution < -0.4 is 5.32 Å². The molecule has 4 nitrogen and oxygen atoms in total. The number of hydrogen-bond donors (Lipinski definition) is 1. The average molecular weight is 296 g/mol. The molecule has 2 rings (SSSR count). The van der Waals surface area contributed by atoms with Gasteiger partial charge in [-0.3, -0.25) is 4.90 Å². The van der Waals surface area contributed by atoms with Crippen LogP contribution in [-0.4, -0.2) is 45.8 Å². The summed E-state index contributed by atoms with van der Waals surface area (Å²) in [6.07, 6.45) is 3.71. The van der Waals surface area contributed by atoms with Crippen LogP contribution in [0.1, 0.15) is 31.4 Å². The van der Waals surface area contributed by atoms with E-state index in [0.29, 0.717) is 17.0 Å². The highest BCUT2D eigenvalue weighted by Gasteiger charge is 2.28. The van der Waals surface area contributed by atoms with E-state index < -0.39 is 9.84 Å². The normalized spacial score (nSPS) is 22.1. The van der Waals surface area contributed by atoms with Gasteiger partial charge in [0.05, 0.1) is 4.90 Å². The molecule has 0 aliphatic carbocycles. The summed E-state index contributed by atoms with van der Waals surface area (Å²) >= 11 is 0. The molecule has 112 valence electrons. The Morgan fingerprint density at radius 3 is 2.55 bits per heavy atom. The second-order valence-electron chi connectivity index (χ2n) is 5.61. The number of hydrogen-bond acceptors (Lipinski definition) is 4. The van der Waals surface area contributed by atoms with Gasteiger partial charge in [0, 0.05) is 24.9 Å². The molecule has 0 amide bonds. The largest absolute Gasteiger partial charge is 0.318 e. The lowest BCUT2D eigenvalue weighted by Gasteiger charge is -2.31. The molecule has 1 fully saturated rings. The van der Waals surface area contributed by atoms with Crippen LogP contribution in [0.2, 0.25) is 0 Å². The van der Waals surface area contributed by atoms with Crippen LogP contribution in [0.15, 0.2) is 29.2 Å². The number of nitrogens with zero attached hydrogens (tertiary/aromatic N) is 1. The van der Waals surface area contributed by atoms with E-state index in [1.807, 2.05) is 19.2 Å². The quantitative estimate of drug-likeness (QED) is 0.901. The predicted molar refractivity (Wildman–Crippen MR) is 81.6 cm³/mol. The van der Waals surface area contributed by atoms with E-state index in [0.717, 1.165) is 13.1 Å². The molecule has 0 aromatic heterocycles. The summed E-state index contributed by atoms with van der Waals surface area (Å²) in [4.78, 5) is 2.90. The summed E-state index contributed by atoms with van der Waals surface area (Å²) in [5.41, 5.74) is 1.18. The van der Waals surface area contributed by atoms with E-state index in [1.165, 1.54) is 24.7 Å². The van der Waals surface area contributed by atoms with Gasteiger partial charge < -0.3 is 5.32 Å². The zero-order valence-electron chi connectivity index (χ0n) is 12.5. The Balaban J connectivity index is 2.15. The molecule has 1 heterocycles. The van der Waals surface area contributed by atoms with Crippen molar-refractivity contribution in [2.45, 2.75) is 36.7 Å². The predicted octanol–water partition coefficient (Wildman–Crippen LogP) is 1.83. The Morgan fingerprint density at radius 1 is 1.35 bits per heavy atom. The highest BCUT2D eigenvalue weighted by Crippen LogP contribution is 2.29. The average Bonchev–Trinajstić information content (AvgIpc) is 2.86. The van der Waals surface area contributed by atoms with Gasteiger partial charge in [-0.25, -0.2) is 8.42 Å². The monoisotopic (exact) mass is 296 g/mol. The van der Waals surface area contributed by atoms with Gasteiger partial charge in [-0.05, 0) is 51.1 Å². The molecule has 2 unspecified atom stereocenters. The number of likely N-dealkylation sites (N-methyl/N-ethyl adjacent to an activating group) is 1. The van der Waals surface area contributed by atoms with E-state index in [1.54, 1.807) is 12.1 Å². The highest BCUT2D eigenvalue weighted by molar-refractivity contribution is 7.90. The summed E-state index contributed by atoms with van der Waals surface area (Å²) in [5, 5.41) is 3.25. The molecule has 0 spiro atoms. The number of likely N-dealkylation sites (tertiary alicyclic amines) is 1. The van der Waals surface area contributed by atoms with Gasteiger partial charge in [0.15, 0.2) is 9.84 Å². The van der Waals surface area contributed by atoms with Gasteiger partial charge >= 0.3 is 0 Å². The van der Waals surface area contributed by atoms with Crippen LogP contribution in [0.5, 0.6) is 0 Å². The molecule has 1 N–H and O–H groups in total.